The summed E-state index contributed by atoms with van der Waals surface area (Å²) in [6, 6.07) is 11.7. The van der Waals surface area contributed by atoms with Crippen molar-refractivity contribution in [2.75, 3.05) is 6.61 Å². The van der Waals surface area contributed by atoms with E-state index in [-0.39, 0.29) is 11.5 Å². The number of carbonyl (C=O) groups is 2. The first-order valence-electron chi connectivity index (χ1n) is 12.3. The van der Waals surface area contributed by atoms with E-state index in [1.54, 1.807) is 36.4 Å². The molecule has 0 aliphatic rings. The molecule has 0 radical (unpaired) electrons. The van der Waals surface area contributed by atoms with Gasteiger partial charge in [0.05, 0.1) is 17.7 Å². The van der Waals surface area contributed by atoms with Crippen molar-refractivity contribution in [3.63, 3.8) is 0 Å². The van der Waals surface area contributed by atoms with Crippen molar-refractivity contribution in [3.8, 4) is 11.5 Å². The van der Waals surface area contributed by atoms with E-state index in [0.29, 0.717) is 23.5 Å². The number of aromatic carboxylic acids is 1. The van der Waals surface area contributed by atoms with Crippen molar-refractivity contribution in [2.24, 2.45) is 0 Å². The minimum Gasteiger partial charge on any atom is -0.494 e. The molecule has 5 heteroatoms. The maximum absolute atomic E-state index is 12.6. The summed E-state index contributed by atoms with van der Waals surface area (Å²) in [5, 5.41) is 9.59. The minimum atomic E-state index is -0.964. The highest BCUT2D eigenvalue weighted by Crippen LogP contribution is 2.29. The number of carboxylic acid groups (broad SMARTS) is 1. The zero-order chi connectivity index (χ0) is 24.1. The second kappa shape index (κ2) is 14.4. The predicted octanol–water partition coefficient (Wildman–Crippen LogP) is 7.64. The molecule has 2 rings (SSSR count). The molecule has 0 unspecified atom stereocenters. The SMILES string of the molecule is CCCCCCOc1ccc(C(=O)Oc2ccc(C(=O)O)c([C@H](C)CCCCCC)c2)cc1. The van der Waals surface area contributed by atoms with Gasteiger partial charge in [0.2, 0.25) is 0 Å². The number of rotatable bonds is 15. The van der Waals surface area contributed by atoms with Crippen LogP contribution in [0.3, 0.4) is 0 Å². The molecule has 5 nitrogen and oxygen atoms in total. The lowest BCUT2D eigenvalue weighted by Gasteiger charge is -2.16. The van der Waals surface area contributed by atoms with Crippen LogP contribution in [0.2, 0.25) is 0 Å². The van der Waals surface area contributed by atoms with E-state index >= 15 is 0 Å². The van der Waals surface area contributed by atoms with Crippen LogP contribution < -0.4 is 9.47 Å². The fraction of sp³-hybridized carbons (Fsp3) is 0.500. The molecule has 0 aliphatic heterocycles. The van der Waals surface area contributed by atoms with Gasteiger partial charge in [-0.1, -0.05) is 65.7 Å². The van der Waals surface area contributed by atoms with Crippen molar-refractivity contribution in [1.82, 2.24) is 0 Å². The Morgan fingerprint density at radius 1 is 0.848 bits per heavy atom. The van der Waals surface area contributed by atoms with E-state index in [9.17, 15) is 14.7 Å². The van der Waals surface area contributed by atoms with E-state index in [1.165, 1.54) is 25.3 Å². The van der Waals surface area contributed by atoms with Gasteiger partial charge in [-0.25, -0.2) is 9.59 Å². The van der Waals surface area contributed by atoms with Gasteiger partial charge in [0.25, 0.3) is 0 Å². The average Bonchev–Trinajstić information content (AvgIpc) is 2.81. The highest BCUT2D eigenvalue weighted by atomic mass is 16.5. The smallest absolute Gasteiger partial charge is 0.343 e. The fourth-order valence-electron chi connectivity index (χ4n) is 3.81. The molecule has 0 aliphatic carbocycles. The Kier molecular flexibility index (Phi) is 11.5. The maximum Gasteiger partial charge on any atom is 0.343 e. The normalized spacial score (nSPS) is 11.7. The van der Waals surface area contributed by atoms with Crippen LogP contribution in [0.4, 0.5) is 0 Å². The molecule has 0 fully saturated rings. The molecular weight excluding hydrogens is 416 g/mol. The van der Waals surface area contributed by atoms with Gasteiger partial charge in [0.15, 0.2) is 0 Å². The number of carbonyl (C=O) groups excluding carboxylic acids is 1. The molecule has 1 atom stereocenters. The maximum atomic E-state index is 12.6. The Bertz CT molecular complexity index is 872. The van der Waals surface area contributed by atoms with Gasteiger partial charge in [-0.3, -0.25) is 0 Å². The lowest BCUT2D eigenvalue weighted by molar-refractivity contribution is 0.0694. The second-order valence-electron chi connectivity index (χ2n) is 8.63. The number of hydrogen-bond acceptors (Lipinski definition) is 4. The summed E-state index contributed by atoms with van der Waals surface area (Å²) >= 11 is 0. The molecule has 0 aromatic heterocycles. The van der Waals surface area contributed by atoms with E-state index in [0.717, 1.165) is 44.3 Å². The topological polar surface area (TPSA) is 72.8 Å². The van der Waals surface area contributed by atoms with Crippen LogP contribution in [-0.4, -0.2) is 23.7 Å². The Labute approximate surface area is 198 Å². The molecule has 0 saturated carbocycles. The minimum absolute atomic E-state index is 0.0698. The quantitative estimate of drug-likeness (QED) is 0.170. The van der Waals surface area contributed by atoms with Crippen LogP contribution in [-0.2, 0) is 0 Å². The third kappa shape index (κ3) is 8.91. The van der Waals surface area contributed by atoms with Gasteiger partial charge in [-0.05, 0) is 66.8 Å². The van der Waals surface area contributed by atoms with Crippen molar-refractivity contribution in [2.45, 2.75) is 84.5 Å². The lowest BCUT2D eigenvalue weighted by Crippen LogP contribution is -2.11. The fourth-order valence-corrected chi connectivity index (χ4v) is 3.81. The molecule has 1 N–H and O–H groups in total. The van der Waals surface area contributed by atoms with Crippen LogP contribution in [0.15, 0.2) is 42.5 Å². The Hall–Kier alpha value is -2.82. The van der Waals surface area contributed by atoms with Gasteiger partial charge in [-0.2, -0.15) is 0 Å². The summed E-state index contributed by atoms with van der Waals surface area (Å²) < 4.78 is 11.3. The standard InChI is InChI=1S/C28H38O5/c1-4-6-8-10-12-21(3)26-20-24(17-18-25(26)27(29)30)33-28(31)22-13-15-23(16-14-22)32-19-11-9-7-5-2/h13-18,20-21H,4-12,19H2,1-3H3,(H,29,30)/t21-/m1/s1. The van der Waals surface area contributed by atoms with Gasteiger partial charge in [0.1, 0.15) is 11.5 Å². The summed E-state index contributed by atoms with van der Waals surface area (Å²) in [7, 11) is 0. The van der Waals surface area contributed by atoms with Crippen LogP contribution in [0.5, 0.6) is 11.5 Å². The second-order valence-corrected chi connectivity index (χ2v) is 8.63. The molecule has 2 aromatic rings. The van der Waals surface area contributed by atoms with Crippen LogP contribution in [0, 0.1) is 0 Å². The lowest BCUT2D eigenvalue weighted by atomic mass is 9.91. The monoisotopic (exact) mass is 454 g/mol. The van der Waals surface area contributed by atoms with E-state index < -0.39 is 11.9 Å². The first kappa shape index (κ1) is 26.4. The van der Waals surface area contributed by atoms with Crippen molar-refractivity contribution >= 4 is 11.9 Å². The summed E-state index contributed by atoms with van der Waals surface area (Å²) in [5.41, 5.74) is 1.39. The largest absolute Gasteiger partial charge is 0.494 e. The number of esters is 1. The first-order chi connectivity index (χ1) is 16.0. The molecule has 0 spiro atoms. The zero-order valence-corrected chi connectivity index (χ0v) is 20.3. The molecule has 0 saturated heterocycles. The van der Waals surface area contributed by atoms with Crippen LogP contribution in [0.25, 0.3) is 0 Å². The molecule has 33 heavy (non-hydrogen) atoms. The van der Waals surface area contributed by atoms with Crippen molar-refractivity contribution in [3.05, 3.63) is 59.2 Å². The number of ether oxygens (including phenoxy) is 2. The Balaban J connectivity index is 2.01. The third-order valence-electron chi connectivity index (χ3n) is 5.84. The summed E-state index contributed by atoms with van der Waals surface area (Å²) in [4.78, 5) is 24.3. The van der Waals surface area contributed by atoms with E-state index in [1.807, 2.05) is 6.92 Å². The Morgan fingerprint density at radius 2 is 1.48 bits per heavy atom. The Morgan fingerprint density at radius 3 is 2.12 bits per heavy atom. The average molecular weight is 455 g/mol. The van der Waals surface area contributed by atoms with Gasteiger partial charge >= 0.3 is 11.9 Å². The number of unbranched alkanes of at least 4 members (excludes halogenated alkanes) is 6. The summed E-state index contributed by atoms with van der Waals surface area (Å²) in [6.45, 7) is 7.04. The van der Waals surface area contributed by atoms with Gasteiger partial charge in [-0.15, -0.1) is 0 Å². The van der Waals surface area contributed by atoms with Gasteiger partial charge in [0, 0.05) is 0 Å². The number of hydrogen-bond donors (Lipinski definition) is 1. The number of benzene rings is 2. The van der Waals surface area contributed by atoms with E-state index in [4.69, 9.17) is 9.47 Å². The summed E-state index contributed by atoms with van der Waals surface area (Å²) in [6.07, 6.45) is 9.99. The van der Waals surface area contributed by atoms with Crippen molar-refractivity contribution in [1.29, 1.82) is 0 Å². The molecule has 0 amide bonds. The summed E-state index contributed by atoms with van der Waals surface area (Å²) in [5.74, 6) is -0.284. The molecule has 2 aromatic carbocycles. The predicted molar refractivity (Wildman–Crippen MR) is 132 cm³/mol. The molecule has 180 valence electrons. The molecule has 0 heterocycles. The van der Waals surface area contributed by atoms with Crippen molar-refractivity contribution < 1.29 is 24.2 Å². The van der Waals surface area contributed by atoms with Crippen LogP contribution in [0.1, 0.15) is 111 Å². The zero-order valence-electron chi connectivity index (χ0n) is 20.3. The van der Waals surface area contributed by atoms with Crippen LogP contribution >= 0.6 is 0 Å². The number of carboxylic acids is 1. The van der Waals surface area contributed by atoms with E-state index in [2.05, 4.69) is 13.8 Å². The third-order valence-corrected chi connectivity index (χ3v) is 5.84. The highest BCUT2D eigenvalue weighted by molar-refractivity contribution is 5.92. The molecule has 0 bridgehead atoms. The first-order valence-corrected chi connectivity index (χ1v) is 12.3. The van der Waals surface area contributed by atoms with Gasteiger partial charge < -0.3 is 14.6 Å². The highest BCUT2D eigenvalue weighted by Gasteiger charge is 2.18. The molecular formula is C28H38O5.